The molecule has 0 bridgehead atoms. The smallest absolute Gasteiger partial charge is 0.326 e. The predicted octanol–water partition coefficient (Wildman–Crippen LogP) is -1.10. The molecule has 1 rings (SSSR count). The Morgan fingerprint density at radius 2 is 1.72 bits per heavy atom. The Bertz CT molecular complexity index is 652. The maximum absolute atomic E-state index is 12.8. The molecule has 0 spiro atoms. The van der Waals surface area contributed by atoms with Crippen LogP contribution in [-0.4, -0.2) is 75.5 Å². The van der Waals surface area contributed by atoms with Gasteiger partial charge in [0.25, 0.3) is 0 Å². The third kappa shape index (κ3) is 6.70. The quantitative estimate of drug-likeness (QED) is 0.299. The summed E-state index contributed by atoms with van der Waals surface area (Å²) in [7, 11) is 0. The van der Waals surface area contributed by atoms with E-state index in [1.165, 1.54) is 6.92 Å². The van der Waals surface area contributed by atoms with Crippen molar-refractivity contribution in [1.82, 2.24) is 15.5 Å². The van der Waals surface area contributed by atoms with Crippen molar-refractivity contribution >= 4 is 29.7 Å². The summed E-state index contributed by atoms with van der Waals surface area (Å²) in [6, 6.07) is -4.37. The maximum Gasteiger partial charge on any atom is 0.326 e. The lowest BCUT2D eigenvalue weighted by Crippen LogP contribution is -2.58. The summed E-state index contributed by atoms with van der Waals surface area (Å²) in [4.78, 5) is 61.2. The van der Waals surface area contributed by atoms with E-state index in [0.29, 0.717) is 12.8 Å². The number of aliphatic carboxylic acids is 2. The summed E-state index contributed by atoms with van der Waals surface area (Å²) in [5.41, 5.74) is 5.53. The molecule has 3 amide bonds. The van der Waals surface area contributed by atoms with E-state index in [9.17, 15) is 29.1 Å². The van der Waals surface area contributed by atoms with Crippen LogP contribution in [0.1, 0.15) is 46.5 Å². The summed E-state index contributed by atoms with van der Waals surface area (Å²) in [5, 5.41) is 23.3. The molecule has 0 aromatic rings. The average molecular weight is 414 g/mol. The van der Waals surface area contributed by atoms with E-state index in [2.05, 4.69) is 10.6 Å². The maximum atomic E-state index is 12.8. The molecule has 1 saturated heterocycles. The number of likely N-dealkylation sites (tertiary alicyclic amines) is 1. The summed E-state index contributed by atoms with van der Waals surface area (Å²) in [6.45, 7) is 5.15. The zero-order valence-corrected chi connectivity index (χ0v) is 16.9. The second kappa shape index (κ2) is 10.7. The molecule has 1 fully saturated rings. The fourth-order valence-electron chi connectivity index (χ4n) is 3.11. The number of hydrogen-bond acceptors (Lipinski definition) is 6. The van der Waals surface area contributed by atoms with E-state index >= 15 is 0 Å². The summed E-state index contributed by atoms with van der Waals surface area (Å²) in [6.07, 6.45) is 0.551. The Kier molecular flexibility index (Phi) is 9.02. The molecule has 11 nitrogen and oxygen atoms in total. The molecule has 1 aliphatic heterocycles. The van der Waals surface area contributed by atoms with Gasteiger partial charge in [-0.2, -0.15) is 0 Å². The minimum absolute atomic E-state index is 0.165. The van der Waals surface area contributed by atoms with Crippen LogP contribution in [0.15, 0.2) is 0 Å². The normalized spacial score (nSPS) is 20.3. The fraction of sp³-hybridized carbons (Fsp3) is 0.722. The van der Waals surface area contributed by atoms with Crippen molar-refractivity contribution in [3.8, 4) is 0 Å². The molecule has 5 atom stereocenters. The first-order chi connectivity index (χ1) is 13.5. The predicted molar refractivity (Wildman–Crippen MR) is 102 cm³/mol. The standard InChI is InChI=1S/C18H30N4O7/c1-4-9(2)14(21-15(25)10(3)19)16(26)20-11(8-13(23)24)17(27)22-7-5-6-12(22)18(28)29/h9-12,14H,4-8,19H2,1-3H3,(H,20,26)(H,21,25)(H,23,24)(H,28,29). The highest BCUT2D eigenvalue weighted by Crippen LogP contribution is 2.19. The minimum atomic E-state index is -1.45. The zero-order valence-electron chi connectivity index (χ0n) is 16.9. The van der Waals surface area contributed by atoms with Gasteiger partial charge in [0.15, 0.2) is 0 Å². The van der Waals surface area contributed by atoms with Crippen LogP contribution in [0.3, 0.4) is 0 Å². The molecule has 1 aliphatic rings. The van der Waals surface area contributed by atoms with Crippen molar-refractivity contribution < 1.29 is 34.2 Å². The number of carbonyl (C=O) groups is 5. The SMILES string of the molecule is CCC(C)C(NC(=O)C(C)N)C(=O)NC(CC(=O)O)C(=O)N1CCCC1C(=O)O. The van der Waals surface area contributed by atoms with Crippen LogP contribution in [0, 0.1) is 5.92 Å². The van der Waals surface area contributed by atoms with Gasteiger partial charge in [-0.05, 0) is 25.7 Å². The molecule has 1 heterocycles. The average Bonchev–Trinajstić information content (AvgIpc) is 3.13. The van der Waals surface area contributed by atoms with Gasteiger partial charge in [-0.15, -0.1) is 0 Å². The third-order valence-corrected chi connectivity index (χ3v) is 5.02. The van der Waals surface area contributed by atoms with Crippen molar-refractivity contribution in [3.05, 3.63) is 0 Å². The van der Waals surface area contributed by atoms with E-state index in [0.717, 1.165) is 4.90 Å². The molecule has 29 heavy (non-hydrogen) atoms. The van der Waals surface area contributed by atoms with Crippen molar-refractivity contribution in [2.45, 2.75) is 70.6 Å². The highest BCUT2D eigenvalue weighted by atomic mass is 16.4. The van der Waals surface area contributed by atoms with Crippen molar-refractivity contribution in [2.75, 3.05) is 6.54 Å². The Balaban J connectivity index is 3.03. The van der Waals surface area contributed by atoms with E-state index in [-0.39, 0.29) is 18.9 Å². The van der Waals surface area contributed by atoms with Gasteiger partial charge >= 0.3 is 11.9 Å². The monoisotopic (exact) mass is 414 g/mol. The number of hydrogen-bond donors (Lipinski definition) is 5. The van der Waals surface area contributed by atoms with Gasteiger partial charge in [0.1, 0.15) is 18.1 Å². The molecule has 0 radical (unpaired) electrons. The highest BCUT2D eigenvalue weighted by Gasteiger charge is 2.39. The molecule has 5 unspecified atom stereocenters. The van der Waals surface area contributed by atoms with Gasteiger partial charge in [-0.1, -0.05) is 20.3 Å². The Labute approximate surface area is 169 Å². The van der Waals surface area contributed by atoms with Gasteiger partial charge in [-0.25, -0.2) is 4.79 Å². The van der Waals surface area contributed by atoms with Gasteiger partial charge in [0.2, 0.25) is 17.7 Å². The van der Waals surface area contributed by atoms with Crippen LogP contribution in [-0.2, 0) is 24.0 Å². The number of carboxylic acids is 2. The van der Waals surface area contributed by atoms with Crippen LogP contribution < -0.4 is 16.4 Å². The second-order valence-corrected chi connectivity index (χ2v) is 7.35. The van der Waals surface area contributed by atoms with E-state index in [1.807, 2.05) is 6.92 Å². The molecule has 6 N–H and O–H groups in total. The van der Waals surface area contributed by atoms with Gasteiger partial charge < -0.3 is 31.5 Å². The number of carboxylic acid groups (broad SMARTS) is 2. The van der Waals surface area contributed by atoms with Gasteiger partial charge in [0.05, 0.1) is 12.5 Å². The number of amides is 3. The number of rotatable bonds is 10. The van der Waals surface area contributed by atoms with Crippen LogP contribution in [0.4, 0.5) is 0 Å². The Hall–Kier alpha value is -2.69. The fourth-order valence-corrected chi connectivity index (χ4v) is 3.11. The minimum Gasteiger partial charge on any atom is -0.481 e. The Morgan fingerprint density at radius 1 is 1.10 bits per heavy atom. The summed E-state index contributed by atoms with van der Waals surface area (Å²) < 4.78 is 0. The van der Waals surface area contributed by atoms with E-state index in [1.54, 1.807) is 6.92 Å². The summed E-state index contributed by atoms with van der Waals surface area (Å²) in [5.74, 6) is -4.87. The Morgan fingerprint density at radius 3 is 2.21 bits per heavy atom. The topological polar surface area (TPSA) is 179 Å². The van der Waals surface area contributed by atoms with E-state index < -0.39 is 60.2 Å². The van der Waals surface area contributed by atoms with Crippen molar-refractivity contribution in [2.24, 2.45) is 11.7 Å². The van der Waals surface area contributed by atoms with E-state index in [4.69, 9.17) is 10.8 Å². The lowest BCUT2D eigenvalue weighted by molar-refractivity contribution is -0.150. The molecular formula is C18H30N4O7. The van der Waals surface area contributed by atoms with Crippen LogP contribution in [0.2, 0.25) is 0 Å². The highest BCUT2D eigenvalue weighted by molar-refractivity contribution is 5.95. The first kappa shape index (κ1) is 24.3. The molecule has 11 heteroatoms. The van der Waals surface area contributed by atoms with Crippen LogP contribution in [0.25, 0.3) is 0 Å². The lowest BCUT2D eigenvalue weighted by Gasteiger charge is -2.29. The van der Waals surface area contributed by atoms with Crippen molar-refractivity contribution in [3.63, 3.8) is 0 Å². The van der Waals surface area contributed by atoms with Gasteiger partial charge in [0, 0.05) is 6.54 Å². The first-order valence-corrected chi connectivity index (χ1v) is 9.60. The molecule has 0 aliphatic carbocycles. The lowest BCUT2D eigenvalue weighted by atomic mass is 9.97. The number of nitrogens with zero attached hydrogens (tertiary/aromatic N) is 1. The van der Waals surface area contributed by atoms with Crippen LogP contribution >= 0.6 is 0 Å². The second-order valence-electron chi connectivity index (χ2n) is 7.35. The first-order valence-electron chi connectivity index (χ1n) is 9.60. The van der Waals surface area contributed by atoms with Crippen LogP contribution in [0.5, 0.6) is 0 Å². The molecule has 0 aromatic heterocycles. The molecule has 0 aromatic carbocycles. The summed E-state index contributed by atoms with van der Waals surface area (Å²) >= 11 is 0. The largest absolute Gasteiger partial charge is 0.481 e. The van der Waals surface area contributed by atoms with Gasteiger partial charge in [-0.3, -0.25) is 19.2 Å². The molecule has 0 saturated carbocycles. The molecule has 164 valence electrons. The molecular weight excluding hydrogens is 384 g/mol. The zero-order chi connectivity index (χ0) is 22.3. The van der Waals surface area contributed by atoms with Crippen molar-refractivity contribution in [1.29, 1.82) is 0 Å². The third-order valence-electron chi connectivity index (χ3n) is 5.02. The number of nitrogens with one attached hydrogen (secondary N) is 2. The number of nitrogens with two attached hydrogens (primary N) is 1. The number of carbonyl (C=O) groups excluding carboxylic acids is 3.